The number of carboxylic acid groups (broad SMARTS) is 1. The molecule has 0 atom stereocenters. The fourth-order valence-corrected chi connectivity index (χ4v) is 3.56. The number of halogens is 2. The molecule has 0 radical (unpaired) electrons. The summed E-state index contributed by atoms with van der Waals surface area (Å²) < 4.78 is 0. The van der Waals surface area contributed by atoms with Crippen LogP contribution in [0.4, 0.5) is 10.5 Å². The fourth-order valence-electron chi connectivity index (χ4n) is 2.43. The van der Waals surface area contributed by atoms with Crippen molar-refractivity contribution in [3.05, 3.63) is 68.5 Å². The molecule has 0 unspecified atom stereocenters. The van der Waals surface area contributed by atoms with Gasteiger partial charge in [-0.2, -0.15) is 0 Å². The molecule has 10 heteroatoms. The van der Waals surface area contributed by atoms with Gasteiger partial charge in [0.15, 0.2) is 0 Å². The Balaban J connectivity index is 1.68. The Morgan fingerprint density at radius 2 is 1.76 bits per heavy atom. The topological polar surface area (TPSA) is 104 Å². The number of rotatable bonds is 5. The molecule has 0 aromatic heterocycles. The Morgan fingerprint density at radius 3 is 2.38 bits per heavy atom. The van der Waals surface area contributed by atoms with Crippen molar-refractivity contribution < 1.29 is 24.3 Å². The number of thioether (sulfide) groups is 1. The predicted octanol–water partition coefficient (Wildman–Crippen LogP) is 4.37. The van der Waals surface area contributed by atoms with Crippen LogP contribution in [0.3, 0.4) is 0 Å². The number of carboxylic acids is 1. The van der Waals surface area contributed by atoms with E-state index in [1.165, 1.54) is 42.5 Å². The Hall–Kier alpha value is -2.81. The number of nitrogens with one attached hydrogen (secondary N) is 1. The summed E-state index contributed by atoms with van der Waals surface area (Å²) in [4.78, 5) is 48.7. The van der Waals surface area contributed by atoms with Crippen molar-refractivity contribution in [3.8, 4) is 0 Å². The smallest absolute Gasteiger partial charge is 0.335 e. The lowest BCUT2D eigenvalue weighted by Crippen LogP contribution is -2.36. The van der Waals surface area contributed by atoms with Crippen molar-refractivity contribution in [1.82, 2.24) is 4.90 Å². The Kier molecular flexibility index (Phi) is 6.26. The lowest BCUT2D eigenvalue weighted by molar-refractivity contribution is -0.127. The highest BCUT2D eigenvalue weighted by Crippen LogP contribution is 2.32. The van der Waals surface area contributed by atoms with E-state index in [1.54, 1.807) is 6.07 Å². The number of anilines is 1. The number of imide groups is 1. The van der Waals surface area contributed by atoms with Crippen LogP contribution in [0, 0.1) is 0 Å². The number of hydrogen-bond donors (Lipinski definition) is 2. The zero-order valence-electron chi connectivity index (χ0n) is 14.5. The number of nitrogens with zero attached hydrogens (tertiary/aromatic N) is 1. The fraction of sp³-hybridized carbons (Fsp3) is 0.0526. The number of amides is 3. The molecule has 1 aliphatic heterocycles. The molecular formula is C19H12Cl2N2O5S. The first kappa shape index (κ1) is 20.9. The average molecular weight is 451 g/mol. The van der Waals surface area contributed by atoms with E-state index < -0.39 is 29.6 Å². The van der Waals surface area contributed by atoms with E-state index in [9.17, 15) is 19.2 Å². The summed E-state index contributed by atoms with van der Waals surface area (Å²) in [5, 5.41) is 11.5. The van der Waals surface area contributed by atoms with Gasteiger partial charge in [0.1, 0.15) is 6.54 Å². The molecule has 0 bridgehead atoms. The SMILES string of the molecule is O=C(CN1C(=O)S/C(=C\c2ccc(C(=O)O)cc2)C1=O)Nc1ccc(Cl)c(Cl)c1. The molecule has 29 heavy (non-hydrogen) atoms. The number of benzene rings is 2. The first-order valence-corrected chi connectivity index (χ1v) is 9.65. The van der Waals surface area contributed by atoms with Crippen molar-refractivity contribution in [2.75, 3.05) is 11.9 Å². The highest BCUT2D eigenvalue weighted by Gasteiger charge is 2.36. The zero-order chi connectivity index (χ0) is 21.1. The third-order valence-corrected chi connectivity index (χ3v) is 5.48. The Bertz CT molecular complexity index is 1050. The monoisotopic (exact) mass is 450 g/mol. The van der Waals surface area contributed by atoms with Gasteiger partial charge in [0.2, 0.25) is 5.91 Å². The van der Waals surface area contributed by atoms with E-state index in [0.717, 1.165) is 4.90 Å². The number of hydrogen-bond acceptors (Lipinski definition) is 5. The molecule has 3 amide bonds. The molecule has 1 heterocycles. The second-order valence-electron chi connectivity index (χ2n) is 5.87. The van der Waals surface area contributed by atoms with E-state index in [0.29, 0.717) is 28.0 Å². The molecule has 0 aliphatic carbocycles. The van der Waals surface area contributed by atoms with Gasteiger partial charge in [-0.05, 0) is 53.7 Å². The Morgan fingerprint density at radius 1 is 1.07 bits per heavy atom. The summed E-state index contributed by atoms with van der Waals surface area (Å²) in [6.45, 7) is -0.458. The van der Waals surface area contributed by atoms with Gasteiger partial charge in [-0.3, -0.25) is 19.3 Å². The van der Waals surface area contributed by atoms with Gasteiger partial charge >= 0.3 is 5.97 Å². The lowest BCUT2D eigenvalue weighted by Gasteiger charge is -2.12. The van der Waals surface area contributed by atoms with Gasteiger partial charge in [-0.15, -0.1) is 0 Å². The molecule has 1 aliphatic rings. The maximum atomic E-state index is 12.5. The average Bonchev–Trinajstić information content (AvgIpc) is 2.92. The molecule has 1 fully saturated rings. The highest BCUT2D eigenvalue weighted by molar-refractivity contribution is 8.18. The third kappa shape index (κ3) is 4.97. The summed E-state index contributed by atoms with van der Waals surface area (Å²) >= 11 is 12.4. The van der Waals surface area contributed by atoms with Crippen LogP contribution in [0.5, 0.6) is 0 Å². The minimum Gasteiger partial charge on any atom is -0.478 e. The van der Waals surface area contributed by atoms with Gasteiger partial charge in [-0.1, -0.05) is 35.3 Å². The highest BCUT2D eigenvalue weighted by atomic mass is 35.5. The minimum atomic E-state index is -1.06. The van der Waals surface area contributed by atoms with E-state index in [1.807, 2.05) is 0 Å². The summed E-state index contributed by atoms with van der Waals surface area (Å²) in [5.74, 6) is -2.24. The molecule has 7 nitrogen and oxygen atoms in total. The summed E-state index contributed by atoms with van der Waals surface area (Å²) in [6, 6.07) is 10.3. The van der Waals surface area contributed by atoms with E-state index >= 15 is 0 Å². The molecule has 0 spiro atoms. The van der Waals surface area contributed by atoms with Gasteiger partial charge in [0.25, 0.3) is 11.1 Å². The van der Waals surface area contributed by atoms with Crippen molar-refractivity contribution in [2.45, 2.75) is 0 Å². The molecule has 1 saturated heterocycles. The second kappa shape index (κ2) is 8.69. The minimum absolute atomic E-state index is 0.106. The lowest BCUT2D eigenvalue weighted by atomic mass is 10.1. The van der Waals surface area contributed by atoms with Gasteiger partial charge < -0.3 is 10.4 Å². The summed E-state index contributed by atoms with van der Waals surface area (Å²) in [7, 11) is 0. The van der Waals surface area contributed by atoms with Crippen LogP contribution < -0.4 is 5.32 Å². The van der Waals surface area contributed by atoms with Crippen LogP contribution in [0.25, 0.3) is 6.08 Å². The quantitative estimate of drug-likeness (QED) is 0.655. The second-order valence-corrected chi connectivity index (χ2v) is 7.68. The van der Waals surface area contributed by atoms with Gasteiger partial charge in [0.05, 0.1) is 20.5 Å². The zero-order valence-corrected chi connectivity index (χ0v) is 16.8. The number of carbonyl (C=O) groups excluding carboxylic acids is 3. The van der Waals surface area contributed by atoms with Crippen LogP contribution >= 0.6 is 35.0 Å². The molecule has 2 aromatic rings. The summed E-state index contributed by atoms with van der Waals surface area (Å²) in [6.07, 6.45) is 1.47. The normalized spacial score (nSPS) is 15.1. The van der Waals surface area contributed by atoms with E-state index in [-0.39, 0.29) is 15.5 Å². The van der Waals surface area contributed by atoms with Crippen LogP contribution in [-0.4, -0.2) is 39.6 Å². The molecule has 2 aromatic carbocycles. The van der Waals surface area contributed by atoms with E-state index in [4.69, 9.17) is 28.3 Å². The maximum absolute atomic E-state index is 12.5. The first-order chi connectivity index (χ1) is 13.7. The molecule has 0 saturated carbocycles. The van der Waals surface area contributed by atoms with Crippen molar-refractivity contribution >= 4 is 69.8 Å². The van der Waals surface area contributed by atoms with E-state index in [2.05, 4.69) is 5.32 Å². The number of carbonyl (C=O) groups is 4. The third-order valence-electron chi connectivity index (χ3n) is 3.83. The Labute approximate surface area is 179 Å². The van der Waals surface area contributed by atoms with Crippen LogP contribution in [0.15, 0.2) is 47.4 Å². The van der Waals surface area contributed by atoms with Crippen LogP contribution in [-0.2, 0) is 9.59 Å². The number of aromatic carboxylic acids is 1. The van der Waals surface area contributed by atoms with Crippen LogP contribution in [0.1, 0.15) is 15.9 Å². The van der Waals surface area contributed by atoms with Crippen molar-refractivity contribution in [2.24, 2.45) is 0 Å². The molecule has 3 rings (SSSR count). The largest absolute Gasteiger partial charge is 0.478 e. The van der Waals surface area contributed by atoms with Crippen LogP contribution in [0.2, 0.25) is 10.0 Å². The molecular weight excluding hydrogens is 439 g/mol. The first-order valence-electron chi connectivity index (χ1n) is 8.08. The summed E-state index contributed by atoms with van der Waals surface area (Å²) in [5.41, 5.74) is 1.04. The van der Waals surface area contributed by atoms with Gasteiger partial charge in [0, 0.05) is 5.69 Å². The maximum Gasteiger partial charge on any atom is 0.335 e. The molecule has 148 valence electrons. The standard InChI is InChI=1S/C19H12Cl2N2O5S/c20-13-6-5-12(8-14(13)21)22-16(24)9-23-17(25)15(29-19(23)28)7-10-1-3-11(4-2-10)18(26)27/h1-8H,9H2,(H,22,24)(H,26,27)/b15-7-. The van der Waals surface area contributed by atoms with Crippen molar-refractivity contribution in [1.29, 1.82) is 0 Å². The van der Waals surface area contributed by atoms with Crippen molar-refractivity contribution in [3.63, 3.8) is 0 Å². The predicted molar refractivity (Wildman–Crippen MR) is 111 cm³/mol. The molecule has 2 N–H and O–H groups in total. The van der Waals surface area contributed by atoms with Gasteiger partial charge in [-0.25, -0.2) is 4.79 Å².